The minimum atomic E-state index is -0.430. The lowest BCUT2D eigenvalue weighted by atomic mass is 9.96. The van der Waals surface area contributed by atoms with Gasteiger partial charge < -0.3 is 9.13 Å². The molecule has 0 unspecified atom stereocenters. The molecule has 0 spiro atoms. The molecule has 0 aliphatic rings. The number of para-hydroxylation sites is 2. The van der Waals surface area contributed by atoms with Gasteiger partial charge in [0.05, 0.1) is 37.3 Å². The Balaban J connectivity index is 1.24. The first-order chi connectivity index (χ1) is 30.7. The molecule has 11 aromatic rings. The Kier molecular flexibility index (Phi) is 6.01. The molecule has 0 bridgehead atoms. The Hall–Kier alpha value is -7.42. The van der Waals surface area contributed by atoms with E-state index >= 15 is 0 Å². The van der Waals surface area contributed by atoms with Gasteiger partial charge in [-0.2, -0.15) is 0 Å². The van der Waals surface area contributed by atoms with Gasteiger partial charge in [-0.15, -0.1) is 0 Å². The molecule has 11 rings (SSSR count). The molecule has 0 N–H and O–H groups in total. The van der Waals surface area contributed by atoms with Crippen LogP contribution in [0, 0.1) is 0 Å². The molecular weight excluding hydrogens is 677 g/mol. The summed E-state index contributed by atoms with van der Waals surface area (Å²) >= 11 is 0. The van der Waals surface area contributed by atoms with Crippen LogP contribution in [0.15, 0.2) is 218 Å². The maximum atomic E-state index is 10.0. The lowest BCUT2D eigenvalue weighted by molar-refractivity contribution is 1.18. The number of hydrogen-bond acceptors (Lipinski definition) is 0. The fourth-order valence-electron chi connectivity index (χ4n) is 8.23. The second kappa shape index (κ2) is 13.2. The average Bonchev–Trinajstić information content (AvgIpc) is 3.87. The number of benzene rings is 9. The molecule has 0 radical (unpaired) electrons. The number of hydrogen-bond donors (Lipinski definition) is 0. The maximum Gasteiger partial charge on any atom is 0.0645 e. The van der Waals surface area contributed by atoms with Gasteiger partial charge in [-0.3, -0.25) is 0 Å². The highest BCUT2D eigenvalue weighted by Gasteiger charge is 2.20. The zero-order valence-corrected chi connectivity index (χ0v) is 30.1. The molecule has 0 fully saturated rings. The van der Waals surface area contributed by atoms with Crippen LogP contribution in [-0.2, 0) is 0 Å². The Morgan fingerprint density at radius 1 is 0.339 bits per heavy atom. The summed E-state index contributed by atoms with van der Waals surface area (Å²) in [4.78, 5) is 0. The molecule has 2 heterocycles. The van der Waals surface area contributed by atoms with Crippen molar-refractivity contribution in [2.75, 3.05) is 0 Å². The molecule has 0 aliphatic carbocycles. The van der Waals surface area contributed by atoms with Crippen molar-refractivity contribution in [1.82, 2.24) is 9.13 Å². The van der Waals surface area contributed by atoms with Gasteiger partial charge in [-0.1, -0.05) is 158 Å². The Labute approximate surface area is 335 Å². The molecule has 9 aromatic carbocycles. The van der Waals surface area contributed by atoms with Crippen molar-refractivity contribution in [3.63, 3.8) is 0 Å². The van der Waals surface area contributed by atoms with E-state index in [1.54, 1.807) is 4.57 Å². The molecular formula is C54H36N2. The van der Waals surface area contributed by atoms with E-state index < -0.39 is 12.1 Å². The Bertz CT molecular complexity index is 3620. The number of rotatable bonds is 6. The minimum absolute atomic E-state index is 0.0867. The Morgan fingerprint density at radius 3 is 1.71 bits per heavy atom. The summed E-state index contributed by atoms with van der Waals surface area (Å²) < 4.78 is 69.9. The monoisotopic (exact) mass is 719 g/mol. The van der Waals surface area contributed by atoms with Crippen molar-refractivity contribution < 1.29 is 9.60 Å². The summed E-state index contributed by atoms with van der Waals surface area (Å²) in [5, 5.41) is 2.24. The van der Waals surface area contributed by atoms with Gasteiger partial charge in [0.2, 0.25) is 0 Å². The number of nitrogens with zero attached hydrogens (tertiary/aromatic N) is 2. The van der Waals surface area contributed by atoms with Gasteiger partial charge >= 0.3 is 0 Å². The first-order valence-corrected chi connectivity index (χ1v) is 18.7. The second-order valence-electron chi connectivity index (χ2n) is 14.0. The van der Waals surface area contributed by atoms with E-state index in [0.29, 0.717) is 11.3 Å². The smallest absolute Gasteiger partial charge is 0.0645 e. The SMILES string of the molecule is [2H]c1c([2H])c([2H])c2c(c1[2H])c1c([2H])c(-c3ccc4c(c3)c3c(-c5ccccc5)cccc3n4-c3ccccc3)c([2H])c([2H])c1n2-c1ccc(-c2ccccc2)cc1-c1ccccc1. The fourth-order valence-corrected chi connectivity index (χ4v) is 8.23. The summed E-state index contributed by atoms with van der Waals surface area (Å²) in [5.41, 5.74) is 10.2. The van der Waals surface area contributed by atoms with Gasteiger partial charge in [-0.05, 0) is 99.5 Å². The molecule has 2 nitrogen and oxygen atoms in total. The van der Waals surface area contributed by atoms with Crippen molar-refractivity contribution >= 4 is 43.6 Å². The third-order valence-electron chi connectivity index (χ3n) is 10.8. The van der Waals surface area contributed by atoms with E-state index in [1.807, 2.05) is 127 Å². The highest BCUT2D eigenvalue weighted by Crippen LogP contribution is 2.42. The lowest BCUT2D eigenvalue weighted by Crippen LogP contribution is -1.98. The highest BCUT2D eigenvalue weighted by atomic mass is 15.0. The summed E-state index contributed by atoms with van der Waals surface area (Å²) in [5.74, 6) is 0. The van der Waals surface area contributed by atoms with Crippen LogP contribution in [0.4, 0.5) is 0 Å². The van der Waals surface area contributed by atoms with Gasteiger partial charge in [-0.25, -0.2) is 0 Å². The number of fused-ring (bicyclic) bond motifs is 6. The largest absolute Gasteiger partial charge is 0.309 e. The van der Waals surface area contributed by atoms with Crippen LogP contribution < -0.4 is 0 Å². The van der Waals surface area contributed by atoms with E-state index in [9.17, 15) is 6.85 Å². The van der Waals surface area contributed by atoms with Gasteiger partial charge in [0.25, 0.3) is 0 Å². The van der Waals surface area contributed by atoms with Crippen LogP contribution in [0.2, 0.25) is 0 Å². The predicted molar refractivity (Wildman–Crippen MR) is 237 cm³/mol. The molecule has 0 aliphatic heterocycles. The molecule has 0 amide bonds. The quantitative estimate of drug-likeness (QED) is 0.162. The first kappa shape index (κ1) is 25.6. The standard InChI is InChI=1S/C54H36N2/c1-5-16-37(17-6-1)40-28-31-50(46(34-40)39-20-9-3-10-21-39)56-49-26-14-13-24-45(49)47-35-41(29-32-51(47)56)42-30-33-52-48(36-42)54-44(38-18-7-2-8-19-38)25-15-27-53(54)55(52)43-22-11-4-12-23-43/h1-36H/i13D,14D,24D,26D,29D,32D,35D. The van der Waals surface area contributed by atoms with E-state index in [1.165, 1.54) is 0 Å². The predicted octanol–water partition coefficient (Wildman–Crippen LogP) is 14.5. The molecule has 2 heteroatoms. The van der Waals surface area contributed by atoms with Crippen LogP contribution in [0.1, 0.15) is 9.60 Å². The van der Waals surface area contributed by atoms with Crippen LogP contribution in [0.3, 0.4) is 0 Å². The van der Waals surface area contributed by atoms with Crippen molar-refractivity contribution in [2.24, 2.45) is 0 Å². The van der Waals surface area contributed by atoms with Gasteiger partial charge in [0.1, 0.15) is 0 Å². The third-order valence-corrected chi connectivity index (χ3v) is 10.8. The van der Waals surface area contributed by atoms with Crippen LogP contribution >= 0.6 is 0 Å². The topological polar surface area (TPSA) is 9.86 Å². The second-order valence-corrected chi connectivity index (χ2v) is 14.0. The summed E-state index contributed by atoms with van der Waals surface area (Å²) in [6, 6.07) is 56.3. The van der Waals surface area contributed by atoms with E-state index in [0.717, 1.165) is 60.9 Å². The number of aromatic nitrogens is 2. The van der Waals surface area contributed by atoms with Crippen molar-refractivity contribution in [1.29, 1.82) is 0 Å². The molecule has 2 aromatic heterocycles. The van der Waals surface area contributed by atoms with E-state index in [-0.39, 0.29) is 57.6 Å². The average molecular weight is 720 g/mol. The first-order valence-electron chi connectivity index (χ1n) is 22.2. The Morgan fingerprint density at radius 2 is 0.964 bits per heavy atom. The molecule has 0 saturated carbocycles. The van der Waals surface area contributed by atoms with Crippen LogP contribution in [0.5, 0.6) is 0 Å². The summed E-state index contributed by atoms with van der Waals surface area (Å²) in [6.07, 6.45) is 0. The summed E-state index contributed by atoms with van der Waals surface area (Å²) in [7, 11) is 0. The molecule has 0 atom stereocenters. The van der Waals surface area contributed by atoms with Crippen molar-refractivity contribution in [3.8, 4) is 55.9 Å². The maximum absolute atomic E-state index is 10.0. The zero-order valence-electron chi connectivity index (χ0n) is 37.1. The third kappa shape index (κ3) is 5.19. The highest BCUT2D eigenvalue weighted by molar-refractivity contribution is 6.17. The van der Waals surface area contributed by atoms with Gasteiger partial charge in [0.15, 0.2) is 0 Å². The normalized spacial score (nSPS) is 13.3. The fraction of sp³-hybridized carbons (Fsp3) is 0. The van der Waals surface area contributed by atoms with Gasteiger partial charge in [0, 0.05) is 32.8 Å². The lowest BCUT2D eigenvalue weighted by Gasteiger charge is -2.16. The molecule has 262 valence electrons. The van der Waals surface area contributed by atoms with Crippen LogP contribution in [-0.4, -0.2) is 9.13 Å². The van der Waals surface area contributed by atoms with E-state index in [2.05, 4.69) is 53.1 Å². The summed E-state index contributed by atoms with van der Waals surface area (Å²) in [6.45, 7) is 0. The minimum Gasteiger partial charge on any atom is -0.309 e. The molecule has 56 heavy (non-hydrogen) atoms. The van der Waals surface area contributed by atoms with Crippen molar-refractivity contribution in [2.45, 2.75) is 0 Å². The molecule has 0 saturated heterocycles. The van der Waals surface area contributed by atoms with E-state index in [4.69, 9.17) is 2.74 Å². The van der Waals surface area contributed by atoms with Crippen molar-refractivity contribution in [3.05, 3.63) is 218 Å². The zero-order chi connectivity index (χ0) is 43.1. The van der Waals surface area contributed by atoms with Crippen LogP contribution in [0.25, 0.3) is 99.5 Å².